The summed E-state index contributed by atoms with van der Waals surface area (Å²) in [6, 6.07) is 0. The molecule has 0 fully saturated rings. The van der Waals surface area contributed by atoms with Gasteiger partial charge in [0.2, 0.25) is 0 Å². The highest BCUT2D eigenvalue weighted by molar-refractivity contribution is 9.09. The lowest BCUT2D eigenvalue weighted by molar-refractivity contribution is 0.728. The molecule has 0 aromatic carbocycles. The Balaban J connectivity index is 2.33. The van der Waals surface area contributed by atoms with Gasteiger partial charge in [0.25, 0.3) is 0 Å². The molecule has 1 aliphatic carbocycles. The van der Waals surface area contributed by atoms with E-state index < -0.39 is 0 Å². The number of halogens is 1. The van der Waals surface area contributed by atoms with Gasteiger partial charge in [0.05, 0.1) is 0 Å². The van der Waals surface area contributed by atoms with Crippen LogP contribution in [0.4, 0.5) is 0 Å². The molecular formula is C7H11Br. The molecule has 1 unspecified atom stereocenters. The maximum absolute atomic E-state index is 3.55. The first-order valence-corrected chi connectivity index (χ1v) is 4.12. The molecule has 0 radical (unpaired) electrons. The van der Waals surface area contributed by atoms with Gasteiger partial charge in [-0.3, -0.25) is 0 Å². The first-order valence-electron chi connectivity index (χ1n) is 3.20. The number of rotatable bonds is 0. The van der Waals surface area contributed by atoms with E-state index in [1.54, 1.807) is 0 Å². The monoisotopic (exact) mass is 174 g/mol. The van der Waals surface area contributed by atoms with Crippen LogP contribution in [-0.2, 0) is 0 Å². The van der Waals surface area contributed by atoms with Gasteiger partial charge in [0, 0.05) is 4.83 Å². The van der Waals surface area contributed by atoms with Crippen LogP contribution < -0.4 is 0 Å². The van der Waals surface area contributed by atoms with Gasteiger partial charge < -0.3 is 0 Å². The highest BCUT2D eigenvalue weighted by Gasteiger charge is 2.00. The summed E-state index contributed by atoms with van der Waals surface area (Å²) in [6.07, 6.45) is 9.87. The van der Waals surface area contributed by atoms with Crippen LogP contribution in [0.2, 0.25) is 0 Å². The molecule has 0 aromatic heterocycles. The van der Waals surface area contributed by atoms with Crippen LogP contribution in [0, 0.1) is 0 Å². The zero-order chi connectivity index (χ0) is 5.82. The largest absolute Gasteiger partial charge is 0.0874 e. The van der Waals surface area contributed by atoms with Gasteiger partial charge >= 0.3 is 0 Å². The van der Waals surface area contributed by atoms with Crippen LogP contribution >= 0.6 is 15.9 Å². The van der Waals surface area contributed by atoms with Gasteiger partial charge in [-0.25, -0.2) is 0 Å². The molecule has 0 heterocycles. The molecular weight excluding hydrogens is 164 g/mol. The van der Waals surface area contributed by atoms with Crippen LogP contribution in [0.1, 0.15) is 25.7 Å². The molecule has 46 valence electrons. The Kier molecular flexibility index (Phi) is 2.60. The van der Waals surface area contributed by atoms with Gasteiger partial charge in [-0.05, 0) is 19.3 Å². The number of allylic oxidation sites excluding steroid dienone is 2. The SMILES string of the molecule is BrC1C=CCCCC1. The van der Waals surface area contributed by atoms with Gasteiger partial charge in [-0.15, -0.1) is 0 Å². The van der Waals surface area contributed by atoms with Crippen molar-refractivity contribution in [2.45, 2.75) is 30.5 Å². The van der Waals surface area contributed by atoms with Gasteiger partial charge in [-0.1, -0.05) is 34.5 Å². The average molecular weight is 175 g/mol. The normalized spacial score (nSPS) is 29.9. The first kappa shape index (κ1) is 6.34. The van der Waals surface area contributed by atoms with Crippen molar-refractivity contribution in [2.75, 3.05) is 0 Å². The first-order chi connectivity index (χ1) is 3.89. The standard InChI is InChI=1S/C7H11Br/c8-7-5-3-1-2-4-6-7/h3,5,7H,1-2,4,6H2. The summed E-state index contributed by atoms with van der Waals surface area (Å²) in [5.41, 5.74) is 0. The highest BCUT2D eigenvalue weighted by atomic mass is 79.9. The van der Waals surface area contributed by atoms with E-state index in [1.165, 1.54) is 25.7 Å². The molecule has 1 aliphatic rings. The minimum Gasteiger partial charge on any atom is -0.0874 e. The maximum atomic E-state index is 3.55. The molecule has 0 amide bonds. The summed E-state index contributed by atoms with van der Waals surface area (Å²) in [7, 11) is 0. The second-order valence-corrected chi connectivity index (χ2v) is 3.40. The average Bonchev–Trinajstić information content (AvgIpc) is 1.94. The van der Waals surface area contributed by atoms with Crippen LogP contribution in [0.5, 0.6) is 0 Å². The predicted molar refractivity (Wildman–Crippen MR) is 40.3 cm³/mol. The number of alkyl halides is 1. The number of hydrogen-bond donors (Lipinski definition) is 0. The van der Waals surface area contributed by atoms with E-state index in [9.17, 15) is 0 Å². The Morgan fingerprint density at radius 2 is 2.25 bits per heavy atom. The molecule has 0 N–H and O–H groups in total. The van der Waals surface area contributed by atoms with Crippen molar-refractivity contribution in [2.24, 2.45) is 0 Å². The van der Waals surface area contributed by atoms with Crippen molar-refractivity contribution in [3.63, 3.8) is 0 Å². The summed E-state index contributed by atoms with van der Waals surface area (Å²) >= 11 is 3.55. The molecule has 1 atom stereocenters. The fourth-order valence-electron chi connectivity index (χ4n) is 0.942. The topological polar surface area (TPSA) is 0 Å². The fraction of sp³-hybridized carbons (Fsp3) is 0.714. The Bertz CT molecular complexity index is 86.4. The van der Waals surface area contributed by atoms with Crippen LogP contribution in [-0.4, -0.2) is 4.83 Å². The van der Waals surface area contributed by atoms with Gasteiger partial charge in [0.1, 0.15) is 0 Å². The summed E-state index contributed by atoms with van der Waals surface area (Å²) in [6.45, 7) is 0. The second-order valence-electron chi connectivity index (χ2n) is 2.23. The molecule has 0 nitrogen and oxygen atoms in total. The lowest BCUT2D eigenvalue weighted by Crippen LogP contribution is -1.87. The van der Waals surface area contributed by atoms with Gasteiger partial charge in [0.15, 0.2) is 0 Å². The van der Waals surface area contributed by atoms with E-state index in [1.807, 2.05) is 0 Å². The maximum Gasteiger partial charge on any atom is 0.0325 e. The van der Waals surface area contributed by atoms with E-state index in [4.69, 9.17) is 0 Å². The Labute approximate surface area is 59.1 Å². The molecule has 0 saturated heterocycles. The van der Waals surface area contributed by atoms with Crippen molar-refractivity contribution in [1.82, 2.24) is 0 Å². The molecule has 1 heteroatoms. The Hall–Kier alpha value is 0.220. The third-order valence-corrected chi connectivity index (χ3v) is 2.21. The minimum atomic E-state index is 0.657. The summed E-state index contributed by atoms with van der Waals surface area (Å²) in [4.78, 5) is 0.657. The van der Waals surface area contributed by atoms with Crippen LogP contribution in [0.3, 0.4) is 0 Å². The van der Waals surface area contributed by atoms with Gasteiger partial charge in [-0.2, -0.15) is 0 Å². The molecule has 0 aromatic rings. The predicted octanol–water partition coefficient (Wildman–Crippen LogP) is 2.88. The highest BCUT2D eigenvalue weighted by Crippen LogP contribution is 2.16. The Morgan fingerprint density at radius 3 is 3.12 bits per heavy atom. The van der Waals surface area contributed by atoms with E-state index in [0.29, 0.717) is 4.83 Å². The molecule has 0 spiro atoms. The minimum absolute atomic E-state index is 0.657. The second kappa shape index (κ2) is 3.29. The van der Waals surface area contributed by atoms with Crippen LogP contribution in [0.25, 0.3) is 0 Å². The molecule has 0 saturated carbocycles. The fourth-order valence-corrected chi connectivity index (χ4v) is 1.48. The lowest BCUT2D eigenvalue weighted by Gasteiger charge is -1.96. The van der Waals surface area contributed by atoms with Crippen molar-refractivity contribution in [1.29, 1.82) is 0 Å². The van der Waals surface area contributed by atoms with Crippen molar-refractivity contribution < 1.29 is 0 Å². The van der Waals surface area contributed by atoms with Crippen molar-refractivity contribution in [3.8, 4) is 0 Å². The molecule has 0 aliphatic heterocycles. The van der Waals surface area contributed by atoms with E-state index >= 15 is 0 Å². The molecule has 8 heavy (non-hydrogen) atoms. The Morgan fingerprint density at radius 1 is 1.38 bits per heavy atom. The summed E-state index contributed by atoms with van der Waals surface area (Å²) < 4.78 is 0. The molecule has 0 bridgehead atoms. The third-order valence-electron chi connectivity index (χ3n) is 1.45. The summed E-state index contributed by atoms with van der Waals surface area (Å²) in [5, 5.41) is 0. The van der Waals surface area contributed by atoms with Crippen molar-refractivity contribution in [3.05, 3.63) is 12.2 Å². The van der Waals surface area contributed by atoms with E-state index in [0.717, 1.165) is 0 Å². The zero-order valence-corrected chi connectivity index (χ0v) is 6.52. The van der Waals surface area contributed by atoms with E-state index in [-0.39, 0.29) is 0 Å². The van der Waals surface area contributed by atoms with Crippen molar-refractivity contribution >= 4 is 15.9 Å². The smallest absolute Gasteiger partial charge is 0.0325 e. The third kappa shape index (κ3) is 1.99. The van der Waals surface area contributed by atoms with E-state index in [2.05, 4.69) is 28.1 Å². The lowest BCUT2D eigenvalue weighted by atomic mass is 10.2. The quantitative estimate of drug-likeness (QED) is 0.392. The summed E-state index contributed by atoms with van der Waals surface area (Å²) in [5.74, 6) is 0. The molecule has 1 rings (SSSR count). The number of hydrogen-bond acceptors (Lipinski definition) is 0. The zero-order valence-electron chi connectivity index (χ0n) is 4.94. The van der Waals surface area contributed by atoms with Crippen LogP contribution in [0.15, 0.2) is 12.2 Å².